The summed E-state index contributed by atoms with van der Waals surface area (Å²) in [5, 5.41) is 12.6. The maximum Gasteiger partial charge on any atom is 0.241 e. The number of nitrogens with zero attached hydrogens (tertiary/aromatic N) is 1. The molecule has 0 saturated carbocycles. The lowest BCUT2D eigenvalue weighted by Crippen LogP contribution is -2.47. The van der Waals surface area contributed by atoms with Gasteiger partial charge in [0.25, 0.3) is 0 Å². The van der Waals surface area contributed by atoms with E-state index < -0.39 is 28.3 Å². The minimum atomic E-state index is -3.96. The molecule has 2 aliphatic rings. The standard InChI is InChI=1S/C48H55N3O7S/c1-33-14-24-43(25-15-33)59(54,55)50-44(28-35-9-5-4-6-10-35)47(53)49-29-37-11-7-12-41(27-37)38-20-22-40(23-21-38)48-57-45(30-51-26-8-13-42(51)32-56-3)34(2)46(58-48)39-18-16-36(31-52)17-19-39/h4-7,9-12,14-25,27,34,42,44-46,48,50,52H,8,13,26,28-32H2,1-3H3,(H,49,53). The molecule has 0 aliphatic carbocycles. The Morgan fingerprint density at radius 2 is 1.56 bits per heavy atom. The lowest BCUT2D eigenvalue weighted by Gasteiger charge is -2.43. The average molecular weight is 818 g/mol. The molecular formula is C48H55N3O7S. The first-order valence-corrected chi connectivity index (χ1v) is 21.9. The van der Waals surface area contributed by atoms with Crippen LogP contribution in [-0.4, -0.2) is 69.3 Å². The summed E-state index contributed by atoms with van der Waals surface area (Å²) in [5.74, 6) is -0.333. The zero-order valence-corrected chi connectivity index (χ0v) is 34.8. The highest BCUT2D eigenvalue weighted by Crippen LogP contribution is 2.42. The minimum Gasteiger partial charge on any atom is -0.392 e. The highest BCUT2D eigenvalue weighted by molar-refractivity contribution is 7.89. The first-order chi connectivity index (χ1) is 28.6. The van der Waals surface area contributed by atoms with Gasteiger partial charge in [-0.25, -0.2) is 8.42 Å². The van der Waals surface area contributed by atoms with E-state index in [4.69, 9.17) is 14.2 Å². The number of hydrogen-bond acceptors (Lipinski definition) is 8. The van der Waals surface area contributed by atoms with Crippen LogP contribution in [0.2, 0.25) is 0 Å². The third-order valence-electron chi connectivity index (χ3n) is 11.5. The Kier molecular flexibility index (Phi) is 14.1. The topological polar surface area (TPSA) is 126 Å². The van der Waals surface area contributed by atoms with Crippen molar-refractivity contribution in [3.63, 3.8) is 0 Å². The van der Waals surface area contributed by atoms with Gasteiger partial charge in [-0.2, -0.15) is 4.72 Å². The van der Waals surface area contributed by atoms with Crippen LogP contribution in [0.15, 0.2) is 132 Å². The van der Waals surface area contributed by atoms with Crippen molar-refractivity contribution in [2.75, 3.05) is 26.8 Å². The molecule has 1 amide bonds. The van der Waals surface area contributed by atoms with Crippen LogP contribution in [0.4, 0.5) is 0 Å². The van der Waals surface area contributed by atoms with Crippen LogP contribution in [0.5, 0.6) is 0 Å². The third kappa shape index (κ3) is 10.7. The fourth-order valence-corrected chi connectivity index (χ4v) is 9.29. The average Bonchev–Trinajstić information content (AvgIpc) is 3.70. The highest BCUT2D eigenvalue weighted by atomic mass is 32.2. The van der Waals surface area contributed by atoms with Crippen LogP contribution in [0, 0.1) is 12.8 Å². The summed E-state index contributed by atoms with van der Waals surface area (Å²) in [6.07, 6.45) is 1.59. The number of aryl methyl sites for hydroxylation is 1. The zero-order chi connectivity index (χ0) is 41.4. The predicted octanol–water partition coefficient (Wildman–Crippen LogP) is 7.26. The van der Waals surface area contributed by atoms with Crippen molar-refractivity contribution < 1.29 is 32.5 Å². The number of rotatable bonds is 16. The number of sulfonamides is 1. The van der Waals surface area contributed by atoms with Gasteiger partial charge in [-0.3, -0.25) is 9.69 Å². The summed E-state index contributed by atoms with van der Waals surface area (Å²) in [5.41, 5.74) is 7.45. The van der Waals surface area contributed by atoms with Crippen molar-refractivity contribution in [2.45, 2.75) is 81.7 Å². The smallest absolute Gasteiger partial charge is 0.241 e. The Hall–Kier alpha value is -4.72. The van der Waals surface area contributed by atoms with Gasteiger partial charge in [0.1, 0.15) is 6.04 Å². The molecule has 2 fully saturated rings. The summed E-state index contributed by atoms with van der Waals surface area (Å²) in [6.45, 7) is 6.79. The molecule has 5 aromatic rings. The molecule has 0 radical (unpaired) electrons. The molecule has 2 heterocycles. The number of carbonyl (C=O) groups is 1. The monoisotopic (exact) mass is 817 g/mol. The number of aliphatic hydroxyl groups is 1. The molecule has 2 saturated heterocycles. The van der Waals surface area contributed by atoms with E-state index in [9.17, 15) is 18.3 Å². The molecule has 7 rings (SSSR count). The summed E-state index contributed by atoms with van der Waals surface area (Å²) in [4.78, 5) is 16.3. The molecule has 5 aromatic carbocycles. The minimum absolute atomic E-state index is 0.0103. The number of nitrogens with one attached hydrogen (secondary N) is 2. The van der Waals surface area contributed by atoms with Crippen molar-refractivity contribution in [1.82, 2.24) is 14.9 Å². The molecular weight excluding hydrogens is 763 g/mol. The van der Waals surface area contributed by atoms with Gasteiger partial charge < -0.3 is 24.6 Å². The first-order valence-electron chi connectivity index (χ1n) is 20.4. The zero-order valence-electron chi connectivity index (χ0n) is 34.0. The van der Waals surface area contributed by atoms with E-state index in [2.05, 4.69) is 34.0 Å². The number of likely N-dealkylation sites (tertiary alicyclic amines) is 1. The molecule has 11 heteroatoms. The van der Waals surface area contributed by atoms with Crippen molar-refractivity contribution in [1.29, 1.82) is 0 Å². The summed E-state index contributed by atoms with van der Waals surface area (Å²) in [6, 6.07) is 39.4. The van der Waals surface area contributed by atoms with Gasteiger partial charge in [0.15, 0.2) is 6.29 Å². The summed E-state index contributed by atoms with van der Waals surface area (Å²) < 4.78 is 48.4. The van der Waals surface area contributed by atoms with Crippen LogP contribution >= 0.6 is 0 Å². The van der Waals surface area contributed by atoms with Crippen LogP contribution in [0.25, 0.3) is 11.1 Å². The van der Waals surface area contributed by atoms with Crippen LogP contribution in [-0.2, 0) is 48.6 Å². The Labute approximate surface area is 348 Å². The molecule has 10 nitrogen and oxygen atoms in total. The number of benzene rings is 5. The van der Waals surface area contributed by atoms with E-state index in [0.29, 0.717) is 12.6 Å². The molecule has 3 N–H and O–H groups in total. The van der Waals surface area contributed by atoms with Crippen LogP contribution in [0.1, 0.15) is 65.5 Å². The lowest BCUT2D eigenvalue weighted by molar-refractivity contribution is -0.276. The lowest BCUT2D eigenvalue weighted by atomic mass is 9.89. The maximum atomic E-state index is 13.7. The molecule has 0 aromatic heterocycles. The highest BCUT2D eigenvalue weighted by Gasteiger charge is 2.40. The van der Waals surface area contributed by atoms with Gasteiger partial charge in [-0.15, -0.1) is 0 Å². The van der Waals surface area contributed by atoms with Gasteiger partial charge in [-0.05, 0) is 84.3 Å². The SMILES string of the molecule is COCC1CCCN1CC1OC(c2ccc(-c3cccc(CNC(=O)C(Cc4ccccc4)NS(=O)(=O)c4ccc(C)cc4)c3)cc2)OC(c2ccc(CO)cc2)C1C. The number of methoxy groups -OCH3 is 1. The first kappa shape index (κ1) is 42.4. The number of amides is 1. The van der Waals surface area contributed by atoms with Crippen molar-refractivity contribution in [3.8, 4) is 11.1 Å². The second-order valence-electron chi connectivity index (χ2n) is 15.8. The van der Waals surface area contributed by atoms with Crippen molar-refractivity contribution >= 4 is 15.9 Å². The van der Waals surface area contributed by atoms with Gasteiger partial charge in [-0.1, -0.05) is 122 Å². The molecule has 0 spiro atoms. The number of aliphatic hydroxyl groups excluding tert-OH is 1. The van der Waals surface area contributed by atoms with Gasteiger partial charge in [0.2, 0.25) is 15.9 Å². The van der Waals surface area contributed by atoms with Crippen LogP contribution in [0.3, 0.4) is 0 Å². The van der Waals surface area contributed by atoms with E-state index in [1.807, 2.05) is 97.9 Å². The fraction of sp³-hybridized carbons (Fsp3) is 0.354. The molecule has 0 bridgehead atoms. The Morgan fingerprint density at radius 3 is 2.27 bits per heavy atom. The quantitative estimate of drug-likeness (QED) is 0.0951. The predicted molar refractivity (Wildman–Crippen MR) is 229 cm³/mol. The number of carbonyl (C=O) groups excluding carboxylic acids is 1. The molecule has 6 unspecified atom stereocenters. The van der Waals surface area contributed by atoms with Crippen LogP contribution < -0.4 is 10.0 Å². The second-order valence-corrected chi connectivity index (χ2v) is 17.5. The molecule has 310 valence electrons. The normalized spacial score (nSPS) is 21.6. The van der Waals surface area contributed by atoms with Gasteiger partial charge >= 0.3 is 0 Å². The van der Waals surface area contributed by atoms with E-state index in [1.165, 1.54) is 0 Å². The molecule has 2 aliphatic heterocycles. The Bertz CT molecular complexity index is 2240. The Morgan fingerprint density at radius 1 is 0.847 bits per heavy atom. The van der Waals surface area contributed by atoms with E-state index in [0.717, 1.165) is 70.4 Å². The van der Waals surface area contributed by atoms with Crippen molar-refractivity contribution in [3.05, 3.63) is 161 Å². The molecule has 6 atom stereocenters. The number of hydrogen-bond donors (Lipinski definition) is 3. The van der Waals surface area contributed by atoms with Gasteiger partial charge in [0.05, 0.1) is 30.3 Å². The summed E-state index contributed by atoms with van der Waals surface area (Å²) >= 11 is 0. The fourth-order valence-electron chi connectivity index (χ4n) is 8.09. The summed E-state index contributed by atoms with van der Waals surface area (Å²) in [7, 11) is -2.20. The van der Waals surface area contributed by atoms with E-state index >= 15 is 0 Å². The second kappa shape index (κ2) is 19.6. The van der Waals surface area contributed by atoms with E-state index in [-0.39, 0.29) is 42.6 Å². The number of ether oxygens (including phenoxy) is 3. The van der Waals surface area contributed by atoms with Gasteiger partial charge in [0, 0.05) is 37.7 Å². The largest absolute Gasteiger partial charge is 0.392 e. The van der Waals surface area contributed by atoms with Crippen molar-refractivity contribution in [2.24, 2.45) is 5.92 Å². The maximum absolute atomic E-state index is 13.7. The van der Waals surface area contributed by atoms with E-state index in [1.54, 1.807) is 31.4 Å². The Balaban J connectivity index is 1.05. The molecule has 59 heavy (non-hydrogen) atoms. The third-order valence-corrected chi connectivity index (χ3v) is 13.0.